The molecule has 3 nitrogen and oxygen atoms in total. The molecule has 0 radical (unpaired) electrons. The number of amides is 1. The topological polar surface area (TPSA) is 46.3 Å². The molecule has 0 spiro atoms. The van der Waals surface area contributed by atoms with E-state index in [-0.39, 0.29) is 24.4 Å². The Labute approximate surface area is 128 Å². The van der Waals surface area contributed by atoms with E-state index in [4.69, 9.17) is 5.73 Å². The summed E-state index contributed by atoms with van der Waals surface area (Å²) in [5.41, 5.74) is 8.00. The average Bonchev–Trinajstić information content (AvgIpc) is 2.44. The Morgan fingerprint density at radius 1 is 1.25 bits per heavy atom. The highest BCUT2D eigenvalue weighted by molar-refractivity contribution is 5.85. The molecule has 0 bridgehead atoms. The van der Waals surface area contributed by atoms with Crippen molar-refractivity contribution in [2.24, 2.45) is 5.73 Å². The fraction of sp³-hybridized carbons (Fsp3) is 0.562. The van der Waals surface area contributed by atoms with Gasteiger partial charge in [-0.2, -0.15) is 0 Å². The Kier molecular flexibility index (Phi) is 9.26. The number of nitrogens with zero attached hydrogens (tertiary/aromatic N) is 1. The van der Waals surface area contributed by atoms with Gasteiger partial charge in [-0.15, -0.1) is 12.4 Å². The third-order valence-electron chi connectivity index (χ3n) is 3.59. The van der Waals surface area contributed by atoms with Gasteiger partial charge in [0.15, 0.2) is 0 Å². The standard InChI is InChI=1S/C16H26N2O.ClH/c1-4-5-6-14-7-9-15(10-8-14)11-16(19)18(3)13(2)12-17;/h7-10,13H,4-6,11-12,17H2,1-3H3;1H. The molecule has 1 atom stereocenters. The van der Waals surface area contributed by atoms with Gasteiger partial charge < -0.3 is 10.6 Å². The fourth-order valence-corrected chi connectivity index (χ4v) is 1.91. The molecule has 0 saturated carbocycles. The summed E-state index contributed by atoms with van der Waals surface area (Å²) < 4.78 is 0. The molecule has 4 heteroatoms. The molecule has 0 saturated heterocycles. The fourth-order valence-electron chi connectivity index (χ4n) is 1.91. The molecule has 0 fully saturated rings. The van der Waals surface area contributed by atoms with E-state index in [0.717, 1.165) is 12.0 Å². The zero-order valence-corrected chi connectivity index (χ0v) is 13.6. The maximum atomic E-state index is 12.0. The molecule has 1 amide bonds. The van der Waals surface area contributed by atoms with Crippen LogP contribution in [0.3, 0.4) is 0 Å². The molecule has 0 aromatic heterocycles. The van der Waals surface area contributed by atoms with Gasteiger partial charge in [-0.25, -0.2) is 0 Å². The van der Waals surface area contributed by atoms with E-state index in [1.165, 1.54) is 18.4 Å². The third kappa shape index (κ3) is 5.93. The molecule has 20 heavy (non-hydrogen) atoms. The number of unbranched alkanes of at least 4 members (excludes halogenated alkanes) is 1. The molecular formula is C16H27ClN2O. The monoisotopic (exact) mass is 298 g/mol. The smallest absolute Gasteiger partial charge is 0.227 e. The number of carbonyl (C=O) groups excluding carboxylic acids is 1. The number of benzene rings is 1. The van der Waals surface area contributed by atoms with E-state index in [2.05, 4.69) is 31.2 Å². The van der Waals surface area contributed by atoms with Crippen LogP contribution in [-0.2, 0) is 17.6 Å². The minimum atomic E-state index is 0. The number of rotatable bonds is 7. The van der Waals surface area contributed by atoms with E-state index in [1.54, 1.807) is 4.90 Å². The number of likely N-dealkylation sites (N-methyl/N-ethyl adjacent to an activating group) is 1. The first-order valence-corrected chi connectivity index (χ1v) is 7.12. The predicted molar refractivity (Wildman–Crippen MR) is 87.3 cm³/mol. The van der Waals surface area contributed by atoms with Crippen molar-refractivity contribution in [3.63, 3.8) is 0 Å². The van der Waals surface area contributed by atoms with Crippen LogP contribution in [-0.4, -0.2) is 30.4 Å². The summed E-state index contributed by atoms with van der Waals surface area (Å²) in [5, 5.41) is 0. The molecule has 1 rings (SSSR count). The van der Waals surface area contributed by atoms with Crippen LogP contribution in [0.1, 0.15) is 37.8 Å². The zero-order chi connectivity index (χ0) is 14.3. The van der Waals surface area contributed by atoms with Gasteiger partial charge >= 0.3 is 0 Å². The van der Waals surface area contributed by atoms with Crippen LogP contribution in [0, 0.1) is 0 Å². The molecule has 1 aromatic rings. The number of carbonyl (C=O) groups is 1. The minimum Gasteiger partial charge on any atom is -0.341 e. The lowest BCUT2D eigenvalue weighted by atomic mass is 10.0. The van der Waals surface area contributed by atoms with Crippen molar-refractivity contribution in [2.45, 2.75) is 45.6 Å². The molecule has 0 aliphatic heterocycles. The summed E-state index contributed by atoms with van der Waals surface area (Å²) in [6.45, 7) is 4.66. The highest BCUT2D eigenvalue weighted by Gasteiger charge is 2.14. The van der Waals surface area contributed by atoms with Crippen molar-refractivity contribution >= 4 is 18.3 Å². The summed E-state index contributed by atoms with van der Waals surface area (Å²) in [5.74, 6) is 0.124. The first kappa shape index (κ1) is 18.9. The summed E-state index contributed by atoms with van der Waals surface area (Å²) in [6, 6.07) is 8.47. The van der Waals surface area contributed by atoms with Gasteiger partial charge in [-0.1, -0.05) is 37.6 Å². The summed E-state index contributed by atoms with van der Waals surface area (Å²) in [4.78, 5) is 13.8. The van der Waals surface area contributed by atoms with Crippen molar-refractivity contribution in [1.82, 2.24) is 4.90 Å². The van der Waals surface area contributed by atoms with Crippen LogP contribution in [0.5, 0.6) is 0 Å². The Balaban J connectivity index is 0.00000361. The van der Waals surface area contributed by atoms with Gasteiger partial charge in [0.25, 0.3) is 0 Å². The lowest BCUT2D eigenvalue weighted by Crippen LogP contribution is -2.40. The number of hydrogen-bond acceptors (Lipinski definition) is 2. The number of hydrogen-bond donors (Lipinski definition) is 1. The first-order valence-electron chi connectivity index (χ1n) is 7.12. The molecule has 0 aliphatic rings. The predicted octanol–water partition coefficient (Wildman–Crippen LogP) is 2.80. The highest BCUT2D eigenvalue weighted by atomic mass is 35.5. The second-order valence-electron chi connectivity index (χ2n) is 5.19. The van der Waals surface area contributed by atoms with Gasteiger partial charge in [0.1, 0.15) is 0 Å². The SMILES string of the molecule is CCCCc1ccc(CC(=O)N(C)C(C)CN)cc1.Cl. The molecule has 2 N–H and O–H groups in total. The second kappa shape index (κ2) is 9.78. The van der Waals surface area contributed by atoms with Gasteiger partial charge in [-0.3, -0.25) is 4.79 Å². The van der Waals surface area contributed by atoms with Crippen LogP contribution in [0.4, 0.5) is 0 Å². The molecule has 1 aromatic carbocycles. The molecule has 0 heterocycles. The van der Waals surface area contributed by atoms with Crippen LogP contribution < -0.4 is 5.73 Å². The average molecular weight is 299 g/mol. The normalized spacial score (nSPS) is 11.6. The lowest BCUT2D eigenvalue weighted by molar-refractivity contribution is -0.130. The van der Waals surface area contributed by atoms with Gasteiger partial charge in [0.05, 0.1) is 6.42 Å². The minimum absolute atomic E-state index is 0. The quantitative estimate of drug-likeness (QED) is 0.841. The molecular weight excluding hydrogens is 272 g/mol. The zero-order valence-electron chi connectivity index (χ0n) is 12.8. The van der Waals surface area contributed by atoms with Gasteiger partial charge in [0.2, 0.25) is 5.91 Å². The van der Waals surface area contributed by atoms with Crippen molar-refractivity contribution in [2.75, 3.05) is 13.6 Å². The Morgan fingerprint density at radius 3 is 2.30 bits per heavy atom. The number of nitrogens with two attached hydrogens (primary N) is 1. The van der Waals surface area contributed by atoms with Crippen LogP contribution in [0.15, 0.2) is 24.3 Å². The Hall–Kier alpha value is -1.06. The largest absolute Gasteiger partial charge is 0.341 e. The number of halogens is 1. The van der Waals surface area contributed by atoms with Crippen molar-refractivity contribution in [1.29, 1.82) is 0 Å². The maximum absolute atomic E-state index is 12.0. The van der Waals surface area contributed by atoms with Gasteiger partial charge in [-0.05, 0) is 30.9 Å². The molecule has 1 unspecified atom stereocenters. The van der Waals surface area contributed by atoms with E-state index in [1.807, 2.05) is 14.0 Å². The van der Waals surface area contributed by atoms with Crippen LogP contribution >= 0.6 is 12.4 Å². The van der Waals surface area contributed by atoms with E-state index in [0.29, 0.717) is 13.0 Å². The van der Waals surface area contributed by atoms with E-state index >= 15 is 0 Å². The Bertz CT molecular complexity index is 392. The third-order valence-corrected chi connectivity index (χ3v) is 3.59. The summed E-state index contributed by atoms with van der Waals surface area (Å²) >= 11 is 0. The van der Waals surface area contributed by atoms with Crippen LogP contribution in [0.25, 0.3) is 0 Å². The highest BCUT2D eigenvalue weighted by Crippen LogP contribution is 2.10. The van der Waals surface area contributed by atoms with E-state index < -0.39 is 0 Å². The van der Waals surface area contributed by atoms with Gasteiger partial charge in [0, 0.05) is 19.6 Å². The molecule has 0 aliphatic carbocycles. The second-order valence-corrected chi connectivity index (χ2v) is 5.19. The van der Waals surface area contributed by atoms with Crippen molar-refractivity contribution < 1.29 is 4.79 Å². The summed E-state index contributed by atoms with van der Waals surface area (Å²) in [6.07, 6.45) is 4.00. The van der Waals surface area contributed by atoms with Crippen molar-refractivity contribution in [3.8, 4) is 0 Å². The van der Waals surface area contributed by atoms with E-state index in [9.17, 15) is 4.79 Å². The van der Waals surface area contributed by atoms with Crippen LogP contribution in [0.2, 0.25) is 0 Å². The summed E-state index contributed by atoms with van der Waals surface area (Å²) in [7, 11) is 1.81. The first-order chi connectivity index (χ1) is 9.08. The maximum Gasteiger partial charge on any atom is 0.227 e. The van der Waals surface area contributed by atoms with Crippen molar-refractivity contribution in [3.05, 3.63) is 35.4 Å². The Morgan fingerprint density at radius 2 is 1.80 bits per heavy atom. The lowest BCUT2D eigenvalue weighted by Gasteiger charge is -2.23. The number of aryl methyl sites for hydroxylation is 1. The molecule has 114 valence electrons.